The van der Waals surface area contributed by atoms with Gasteiger partial charge in [0, 0.05) is 0 Å². The lowest BCUT2D eigenvalue weighted by molar-refractivity contribution is -0.132. The van der Waals surface area contributed by atoms with E-state index in [0.717, 1.165) is 19.8 Å². The highest BCUT2D eigenvalue weighted by Crippen LogP contribution is 2.12. The van der Waals surface area contributed by atoms with Crippen molar-refractivity contribution in [2.45, 2.75) is 63.5 Å². The van der Waals surface area contributed by atoms with Gasteiger partial charge in [0.25, 0.3) is 0 Å². The first-order valence-corrected chi connectivity index (χ1v) is 11.0. The predicted octanol–water partition coefficient (Wildman–Crippen LogP) is 0.817. The second-order valence-electron chi connectivity index (χ2n) is 8.34. The Balaban J connectivity index is 1.30. The summed E-state index contributed by atoms with van der Waals surface area (Å²) < 4.78 is 50.3. The summed E-state index contributed by atoms with van der Waals surface area (Å²) in [7, 11) is 0. The molecule has 0 aromatic heterocycles. The van der Waals surface area contributed by atoms with E-state index in [1.54, 1.807) is 0 Å². The van der Waals surface area contributed by atoms with Crippen LogP contribution in [0.3, 0.4) is 0 Å². The Bertz CT molecular complexity index is 426. The Kier molecular flexibility index (Phi) is 10.7. The second-order valence-corrected chi connectivity index (χ2v) is 8.34. The second kappa shape index (κ2) is 13.2. The van der Waals surface area contributed by atoms with Crippen LogP contribution < -0.4 is 0 Å². The monoisotopic (exact) mass is 434 g/mol. The fraction of sp³-hybridized carbons (Fsp3) is 1.00. The van der Waals surface area contributed by atoms with Crippen molar-refractivity contribution in [3.8, 4) is 0 Å². The summed E-state index contributed by atoms with van der Waals surface area (Å²) >= 11 is 0. The minimum absolute atomic E-state index is 0.0345. The molecule has 3 aliphatic heterocycles. The first-order chi connectivity index (χ1) is 14.6. The molecular weight excluding hydrogens is 396 g/mol. The van der Waals surface area contributed by atoms with E-state index in [4.69, 9.17) is 42.6 Å². The van der Waals surface area contributed by atoms with Crippen LogP contribution in [0.15, 0.2) is 0 Å². The molecule has 0 aliphatic carbocycles. The zero-order chi connectivity index (χ0) is 21.2. The Morgan fingerprint density at radius 2 is 0.967 bits per heavy atom. The Morgan fingerprint density at radius 1 is 0.600 bits per heavy atom. The van der Waals surface area contributed by atoms with Gasteiger partial charge in [-0.15, -0.1) is 0 Å². The molecular formula is C21H38O9. The normalized spacial score (nSPS) is 28.7. The molecule has 9 nitrogen and oxygen atoms in total. The third-order valence-electron chi connectivity index (χ3n) is 4.73. The van der Waals surface area contributed by atoms with Gasteiger partial charge >= 0.3 is 0 Å². The summed E-state index contributed by atoms with van der Waals surface area (Å²) in [6, 6.07) is 0. The highest BCUT2D eigenvalue weighted by atomic mass is 16.6. The molecule has 0 spiro atoms. The molecule has 176 valence electrons. The van der Waals surface area contributed by atoms with Crippen molar-refractivity contribution in [3.63, 3.8) is 0 Å². The molecule has 0 bridgehead atoms. The van der Waals surface area contributed by atoms with E-state index in [-0.39, 0.29) is 42.7 Å². The third kappa shape index (κ3) is 11.9. The molecule has 0 aromatic carbocycles. The molecule has 3 fully saturated rings. The van der Waals surface area contributed by atoms with E-state index < -0.39 is 0 Å². The molecule has 0 amide bonds. The van der Waals surface area contributed by atoms with Crippen molar-refractivity contribution in [3.05, 3.63) is 0 Å². The Morgan fingerprint density at radius 3 is 1.33 bits per heavy atom. The topological polar surface area (TPSA) is 93.0 Å². The van der Waals surface area contributed by atoms with Gasteiger partial charge in [-0.1, -0.05) is 0 Å². The van der Waals surface area contributed by atoms with Crippen LogP contribution in [0.1, 0.15) is 20.8 Å². The predicted molar refractivity (Wildman–Crippen MR) is 107 cm³/mol. The molecule has 3 rings (SSSR count). The van der Waals surface area contributed by atoms with Crippen LogP contribution in [0, 0.1) is 0 Å². The van der Waals surface area contributed by atoms with Gasteiger partial charge in [0.1, 0.15) is 24.4 Å². The maximum atomic E-state index is 6.12. The van der Waals surface area contributed by atoms with Crippen LogP contribution in [0.4, 0.5) is 0 Å². The van der Waals surface area contributed by atoms with Gasteiger partial charge in [0.05, 0.1) is 91.0 Å². The average Bonchev–Trinajstić information content (AvgIpc) is 3.53. The van der Waals surface area contributed by atoms with Crippen molar-refractivity contribution in [2.24, 2.45) is 0 Å². The molecule has 0 saturated carbocycles. The molecule has 3 heterocycles. The van der Waals surface area contributed by atoms with Crippen molar-refractivity contribution >= 4 is 0 Å². The summed E-state index contributed by atoms with van der Waals surface area (Å²) in [5.41, 5.74) is 0. The number of epoxide rings is 3. The van der Waals surface area contributed by atoms with Crippen LogP contribution in [0.2, 0.25) is 0 Å². The van der Waals surface area contributed by atoms with Gasteiger partial charge in [-0.2, -0.15) is 0 Å². The molecule has 30 heavy (non-hydrogen) atoms. The fourth-order valence-corrected chi connectivity index (χ4v) is 2.72. The van der Waals surface area contributed by atoms with Gasteiger partial charge in [0.2, 0.25) is 0 Å². The van der Waals surface area contributed by atoms with Gasteiger partial charge in [-0.05, 0) is 20.8 Å². The first-order valence-electron chi connectivity index (χ1n) is 11.0. The Hall–Kier alpha value is -0.360. The number of ether oxygens (including phenoxy) is 9. The number of hydrogen-bond donors (Lipinski definition) is 0. The van der Waals surface area contributed by atoms with E-state index in [2.05, 4.69) is 0 Å². The molecule has 0 N–H and O–H groups in total. The average molecular weight is 435 g/mol. The maximum absolute atomic E-state index is 6.12. The summed E-state index contributed by atoms with van der Waals surface area (Å²) in [6.07, 6.45) is 0.434. The van der Waals surface area contributed by atoms with Gasteiger partial charge in [0.15, 0.2) is 0 Å². The first kappa shape index (κ1) is 24.3. The van der Waals surface area contributed by atoms with Crippen LogP contribution in [-0.2, 0) is 42.6 Å². The van der Waals surface area contributed by atoms with Gasteiger partial charge < -0.3 is 42.6 Å². The molecule has 0 radical (unpaired) electrons. The number of hydrogen-bond acceptors (Lipinski definition) is 9. The summed E-state index contributed by atoms with van der Waals surface area (Å²) in [5.74, 6) is 0. The van der Waals surface area contributed by atoms with E-state index >= 15 is 0 Å². The van der Waals surface area contributed by atoms with Gasteiger partial charge in [-0.3, -0.25) is 0 Å². The van der Waals surface area contributed by atoms with E-state index in [0.29, 0.717) is 52.9 Å². The van der Waals surface area contributed by atoms with Crippen molar-refractivity contribution in [1.82, 2.24) is 0 Å². The molecule has 3 aliphatic rings. The molecule has 3 saturated heterocycles. The van der Waals surface area contributed by atoms with Crippen molar-refractivity contribution in [1.29, 1.82) is 0 Å². The van der Waals surface area contributed by atoms with Crippen LogP contribution in [0.25, 0.3) is 0 Å². The SMILES string of the molecule is CC(COCC1CO1)OCC(COC(C)COCC1CO1)OC(C)COCC1CO1. The lowest BCUT2D eigenvalue weighted by Crippen LogP contribution is -2.35. The van der Waals surface area contributed by atoms with Crippen LogP contribution >= 0.6 is 0 Å². The Labute approximate surface area is 179 Å². The van der Waals surface area contributed by atoms with E-state index in [9.17, 15) is 0 Å². The fourth-order valence-electron chi connectivity index (χ4n) is 2.72. The zero-order valence-electron chi connectivity index (χ0n) is 18.5. The van der Waals surface area contributed by atoms with Crippen LogP contribution in [-0.4, -0.2) is 115 Å². The van der Waals surface area contributed by atoms with E-state index in [1.165, 1.54) is 0 Å². The molecule has 0 aromatic rings. The quantitative estimate of drug-likeness (QED) is 0.258. The third-order valence-corrected chi connectivity index (χ3v) is 4.73. The minimum atomic E-state index is -0.204. The highest BCUT2D eigenvalue weighted by Gasteiger charge is 2.25. The maximum Gasteiger partial charge on any atom is 0.105 e. The smallest absolute Gasteiger partial charge is 0.105 e. The molecule has 6 atom stereocenters. The van der Waals surface area contributed by atoms with Crippen LogP contribution in [0.5, 0.6) is 0 Å². The zero-order valence-corrected chi connectivity index (χ0v) is 18.5. The molecule has 6 unspecified atom stereocenters. The summed E-state index contributed by atoms with van der Waals surface area (Å²) in [5, 5.41) is 0. The largest absolute Gasteiger partial charge is 0.376 e. The minimum Gasteiger partial charge on any atom is -0.376 e. The number of rotatable bonds is 20. The lowest BCUT2D eigenvalue weighted by atomic mass is 10.3. The van der Waals surface area contributed by atoms with Gasteiger partial charge in [-0.25, -0.2) is 0 Å². The highest BCUT2D eigenvalue weighted by molar-refractivity contribution is 4.70. The summed E-state index contributed by atoms with van der Waals surface area (Å²) in [6.45, 7) is 12.6. The van der Waals surface area contributed by atoms with Crippen molar-refractivity contribution in [2.75, 3.05) is 72.7 Å². The standard InChI is InChI=1S/C21H38O9/c1-15(4-22-7-18-10-27-18)25-13-21(30-17(3)6-24-9-20-12-29-20)14-26-16(2)5-23-8-19-11-28-19/h15-21H,4-14H2,1-3H3. The van der Waals surface area contributed by atoms with Crippen molar-refractivity contribution < 1.29 is 42.6 Å². The van der Waals surface area contributed by atoms with E-state index in [1.807, 2.05) is 20.8 Å². The lowest BCUT2D eigenvalue weighted by Gasteiger charge is -2.25. The molecule has 9 heteroatoms. The summed E-state index contributed by atoms with van der Waals surface area (Å²) in [4.78, 5) is 0.